The quantitative estimate of drug-likeness (QED) is 0.901. The van der Waals surface area contributed by atoms with Crippen LogP contribution in [-0.4, -0.2) is 41.3 Å². The maximum absolute atomic E-state index is 5.78. The molecule has 2 N–H and O–H groups in total. The summed E-state index contributed by atoms with van der Waals surface area (Å²) in [5.41, 5.74) is 6.70. The van der Waals surface area contributed by atoms with Gasteiger partial charge in [0, 0.05) is 18.2 Å². The van der Waals surface area contributed by atoms with E-state index in [9.17, 15) is 0 Å². The molecule has 1 aromatic carbocycles. The Bertz CT molecular complexity index is 582. The molecular weight excluding hydrogens is 268 g/mol. The third-order valence-electron chi connectivity index (χ3n) is 3.93. The second-order valence-electron chi connectivity index (χ2n) is 5.24. The number of hydrogen-bond acceptors (Lipinski definition) is 6. The highest BCUT2D eigenvalue weighted by Crippen LogP contribution is 2.22. The molecule has 1 fully saturated rings. The van der Waals surface area contributed by atoms with Gasteiger partial charge in [0.25, 0.3) is 0 Å². The molecule has 0 radical (unpaired) electrons. The standard InChI is InChI=1S/C15H20N4O2/c1-20-13-6-4-11(5-7-13)15-17-14(21-18-15)10-19-8-2-3-12(19)9-16/h4-7,12H,2-3,8-10,16H2,1H3. The van der Waals surface area contributed by atoms with Gasteiger partial charge in [-0.25, -0.2) is 0 Å². The van der Waals surface area contributed by atoms with E-state index < -0.39 is 0 Å². The molecule has 1 aliphatic heterocycles. The van der Waals surface area contributed by atoms with E-state index in [-0.39, 0.29) is 0 Å². The number of ether oxygens (including phenoxy) is 1. The number of rotatable bonds is 5. The minimum atomic E-state index is 0.432. The smallest absolute Gasteiger partial charge is 0.241 e. The second-order valence-corrected chi connectivity index (χ2v) is 5.24. The van der Waals surface area contributed by atoms with Crippen LogP contribution in [0.5, 0.6) is 5.75 Å². The largest absolute Gasteiger partial charge is 0.497 e. The Hall–Kier alpha value is -1.92. The Morgan fingerprint density at radius 2 is 2.19 bits per heavy atom. The van der Waals surface area contributed by atoms with Gasteiger partial charge in [0.2, 0.25) is 11.7 Å². The van der Waals surface area contributed by atoms with Crippen LogP contribution in [0.4, 0.5) is 0 Å². The predicted molar refractivity (Wildman–Crippen MR) is 78.8 cm³/mol. The average Bonchev–Trinajstić information content (AvgIpc) is 3.17. The zero-order valence-corrected chi connectivity index (χ0v) is 12.2. The summed E-state index contributed by atoms with van der Waals surface area (Å²) in [6.45, 7) is 2.40. The van der Waals surface area contributed by atoms with Gasteiger partial charge < -0.3 is 15.0 Å². The maximum Gasteiger partial charge on any atom is 0.241 e. The van der Waals surface area contributed by atoms with Gasteiger partial charge in [-0.05, 0) is 43.7 Å². The van der Waals surface area contributed by atoms with Gasteiger partial charge in [0.1, 0.15) is 5.75 Å². The summed E-state index contributed by atoms with van der Waals surface area (Å²) in [6.07, 6.45) is 2.33. The molecule has 1 unspecified atom stereocenters. The highest BCUT2D eigenvalue weighted by atomic mass is 16.5. The molecule has 2 heterocycles. The molecule has 6 heteroatoms. The lowest BCUT2D eigenvalue weighted by Crippen LogP contribution is -2.34. The number of nitrogens with zero attached hydrogens (tertiary/aromatic N) is 3. The summed E-state index contributed by atoms with van der Waals surface area (Å²) in [5, 5.41) is 4.05. The minimum Gasteiger partial charge on any atom is -0.497 e. The van der Waals surface area contributed by atoms with Crippen LogP contribution in [0.25, 0.3) is 11.4 Å². The molecule has 0 aliphatic carbocycles. The van der Waals surface area contributed by atoms with Crippen molar-refractivity contribution in [2.24, 2.45) is 5.73 Å². The summed E-state index contributed by atoms with van der Waals surface area (Å²) in [7, 11) is 1.64. The fourth-order valence-electron chi connectivity index (χ4n) is 2.72. The van der Waals surface area contributed by atoms with E-state index in [1.54, 1.807) is 7.11 Å². The first-order chi connectivity index (χ1) is 10.3. The van der Waals surface area contributed by atoms with Crippen molar-refractivity contribution in [3.8, 4) is 17.1 Å². The lowest BCUT2D eigenvalue weighted by Gasteiger charge is -2.20. The molecule has 0 saturated carbocycles. The first kappa shape index (κ1) is 14.0. The number of methoxy groups -OCH3 is 1. The lowest BCUT2D eigenvalue weighted by molar-refractivity contribution is 0.214. The monoisotopic (exact) mass is 288 g/mol. The molecule has 2 aromatic rings. The molecule has 0 spiro atoms. The lowest BCUT2D eigenvalue weighted by atomic mass is 10.2. The summed E-state index contributed by atoms with van der Waals surface area (Å²) in [4.78, 5) is 6.78. The van der Waals surface area contributed by atoms with Crippen LogP contribution in [-0.2, 0) is 6.54 Å². The molecule has 112 valence electrons. The zero-order valence-electron chi connectivity index (χ0n) is 12.2. The van der Waals surface area contributed by atoms with Crippen LogP contribution >= 0.6 is 0 Å². The Morgan fingerprint density at radius 1 is 1.38 bits per heavy atom. The van der Waals surface area contributed by atoms with E-state index in [2.05, 4.69) is 15.0 Å². The number of likely N-dealkylation sites (tertiary alicyclic amines) is 1. The van der Waals surface area contributed by atoms with Crippen molar-refractivity contribution in [3.05, 3.63) is 30.2 Å². The van der Waals surface area contributed by atoms with Crippen molar-refractivity contribution in [1.29, 1.82) is 0 Å². The first-order valence-corrected chi connectivity index (χ1v) is 7.21. The molecule has 3 rings (SSSR count). The molecule has 21 heavy (non-hydrogen) atoms. The molecule has 1 saturated heterocycles. The van der Waals surface area contributed by atoms with Crippen molar-refractivity contribution >= 4 is 0 Å². The number of aromatic nitrogens is 2. The Kier molecular flexibility index (Phi) is 4.17. The Labute approximate surface area is 123 Å². The maximum atomic E-state index is 5.78. The van der Waals surface area contributed by atoms with Gasteiger partial charge in [-0.2, -0.15) is 4.98 Å². The van der Waals surface area contributed by atoms with Crippen LogP contribution < -0.4 is 10.5 Å². The Morgan fingerprint density at radius 3 is 2.90 bits per heavy atom. The zero-order chi connectivity index (χ0) is 14.7. The van der Waals surface area contributed by atoms with Crippen LogP contribution in [0.15, 0.2) is 28.8 Å². The van der Waals surface area contributed by atoms with E-state index in [4.69, 9.17) is 15.0 Å². The van der Waals surface area contributed by atoms with Gasteiger partial charge in [-0.1, -0.05) is 5.16 Å². The van der Waals surface area contributed by atoms with Crippen molar-refractivity contribution in [1.82, 2.24) is 15.0 Å². The van der Waals surface area contributed by atoms with Crippen molar-refractivity contribution < 1.29 is 9.26 Å². The molecular formula is C15H20N4O2. The van der Waals surface area contributed by atoms with Crippen LogP contribution in [0, 0.1) is 0 Å². The average molecular weight is 288 g/mol. The first-order valence-electron chi connectivity index (χ1n) is 7.21. The predicted octanol–water partition coefficient (Wildman–Crippen LogP) is 1.67. The van der Waals surface area contributed by atoms with Crippen molar-refractivity contribution in [2.45, 2.75) is 25.4 Å². The number of nitrogens with two attached hydrogens (primary N) is 1. The summed E-state index contributed by atoms with van der Waals surface area (Å²) in [6, 6.07) is 8.05. The topological polar surface area (TPSA) is 77.4 Å². The van der Waals surface area contributed by atoms with E-state index in [1.165, 1.54) is 6.42 Å². The molecule has 6 nitrogen and oxygen atoms in total. The highest BCUT2D eigenvalue weighted by Gasteiger charge is 2.25. The number of benzene rings is 1. The van der Waals surface area contributed by atoms with Gasteiger partial charge in [0.15, 0.2) is 0 Å². The molecule has 1 aliphatic rings. The molecule has 1 aromatic heterocycles. The third kappa shape index (κ3) is 3.06. The summed E-state index contributed by atoms with van der Waals surface area (Å²) in [5.74, 6) is 2.06. The van der Waals surface area contributed by atoms with Crippen LogP contribution in [0.1, 0.15) is 18.7 Å². The van der Waals surface area contributed by atoms with E-state index >= 15 is 0 Å². The van der Waals surface area contributed by atoms with Gasteiger partial charge in [0.05, 0.1) is 13.7 Å². The van der Waals surface area contributed by atoms with E-state index in [0.29, 0.717) is 30.8 Å². The van der Waals surface area contributed by atoms with Crippen LogP contribution in [0.2, 0.25) is 0 Å². The Balaban J connectivity index is 1.70. The summed E-state index contributed by atoms with van der Waals surface area (Å²) < 4.78 is 10.5. The normalized spacial score (nSPS) is 19.0. The fraction of sp³-hybridized carbons (Fsp3) is 0.467. The third-order valence-corrected chi connectivity index (χ3v) is 3.93. The number of hydrogen-bond donors (Lipinski definition) is 1. The van der Waals surface area contributed by atoms with Crippen LogP contribution in [0.3, 0.4) is 0 Å². The highest BCUT2D eigenvalue weighted by molar-refractivity contribution is 5.55. The fourth-order valence-corrected chi connectivity index (χ4v) is 2.72. The molecule has 0 amide bonds. The SMILES string of the molecule is COc1ccc(-c2noc(CN3CCCC3CN)n2)cc1. The van der Waals surface area contributed by atoms with E-state index in [1.807, 2.05) is 24.3 Å². The second kappa shape index (κ2) is 6.24. The van der Waals surface area contributed by atoms with Gasteiger partial charge in [-0.3, -0.25) is 4.90 Å². The van der Waals surface area contributed by atoms with Gasteiger partial charge >= 0.3 is 0 Å². The molecule has 1 atom stereocenters. The van der Waals surface area contributed by atoms with Crippen molar-refractivity contribution in [2.75, 3.05) is 20.2 Å². The van der Waals surface area contributed by atoms with Gasteiger partial charge in [-0.15, -0.1) is 0 Å². The minimum absolute atomic E-state index is 0.432. The molecule has 0 bridgehead atoms. The summed E-state index contributed by atoms with van der Waals surface area (Å²) >= 11 is 0. The van der Waals surface area contributed by atoms with E-state index in [0.717, 1.165) is 24.3 Å². The van der Waals surface area contributed by atoms with Crippen molar-refractivity contribution in [3.63, 3.8) is 0 Å².